The lowest BCUT2D eigenvalue weighted by molar-refractivity contribution is 0.174. The summed E-state index contributed by atoms with van der Waals surface area (Å²) in [4.78, 5) is 6.92. The lowest BCUT2D eigenvalue weighted by Gasteiger charge is -2.32. The third-order valence-electron chi connectivity index (χ3n) is 4.71. The highest BCUT2D eigenvalue weighted by atomic mass is 16.5. The van der Waals surface area contributed by atoms with Crippen molar-refractivity contribution in [3.8, 4) is 0 Å². The molecule has 1 aliphatic heterocycles. The number of imidazole rings is 1. The van der Waals surface area contributed by atoms with Crippen LogP contribution in [0.15, 0.2) is 12.4 Å². The fourth-order valence-corrected chi connectivity index (χ4v) is 3.36. The van der Waals surface area contributed by atoms with Crippen molar-refractivity contribution in [2.75, 3.05) is 26.8 Å². The van der Waals surface area contributed by atoms with Crippen LogP contribution in [-0.2, 0) is 31.5 Å². The zero-order chi connectivity index (χ0) is 16.9. The van der Waals surface area contributed by atoms with E-state index < -0.39 is 0 Å². The number of aromatic nitrogens is 5. The highest BCUT2D eigenvalue weighted by Crippen LogP contribution is 2.26. The van der Waals surface area contributed by atoms with Crippen molar-refractivity contribution in [2.24, 2.45) is 7.05 Å². The fourth-order valence-electron chi connectivity index (χ4n) is 3.36. The van der Waals surface area contributed by atoms with Crippen molar-refractivity contribution in [3.63, 3.8) is 0 Å². The Hall–Kier alpha value is -1.77. The summed E-state index contributed by atoms with van der Waals surface area (Å²) in [6, 6.07) is 0. The molecule has 3 heterocycles. The molecule has 132 valence electrons. The summed E-state index contributed by atoms with van der Waals surface area (Å²) in [5, 5.41) is 17.7. The van der Waals surface area contributed by atoms with Gasteiger partial charge in [-0.1, -0.05) is 0 Å². The Morgan fingerprint density at radius 2 is 2.21 bits per heavy atom. The standard InChI is InChI=1S/C16H26N6O2/c1-20-15(12-23)18-19-16(20)13-4-3-6-21(10-13)11-14-17-5-7-22(14)8-9-24-2/h5,7,13,23H,3-4,6,8-12H2,1-2H3/t13-/m0/s1. The number of nitrogens with zero attached hydrogens (tertiary/aromatic N) is 6. The lowest BCUT2D eigenvalue weighted by atomic mass is 9.97. The molecule has 0 aromatic carbocycles. The molecule has 0 saturated carbocycles. The van der Waals surface area contributed by atoms with Crippen LogP contribution in [0.3, 0.4) is 0 Å². The molecule has 0 spiro atoms. The van der Waals surface area contributed by atoms with E-state index in [1.165, 1.54) is 0 Å². The predicted molar refractivity (Wildman–Crippen MR) is 88.3 cm³/mol. The van der Waals surface area contributed by atoms with Crippen LogP contribution in [0.1, 0.15) is 36.2 Å². The van der Waals surface area contributed by atoms with Gasteiger partial charge in [0.25, 0.3) is 0 Å². The monoisotopic (exact) mass is 334 g/mol. The molecule has 1 saturated heterocycles. The summed E-state index contributed by atoms with van der Waals surface area (Å²) >= 11 is 0. The fraction of sp³-hybridized carbons (Fsp3) is 0.688. The Balaban J connectivity index is 1.65. The zero-order valence-electron chi connectivity index (χ0n) is 14.4. The molecular weight excluding hydrogens is 308 g/mol. The van der Waals surface area contributed by atoms with E-state index in [-0.39, 0.29) is 6.61 Å². The van der Waals surface area contributed by atoms with E-state index in [9.17, 15) is 5.11 Å². The molecular formula is C16H26N6O2. The second-order valence-electron chi connectivity index (χ2n) is 6.30. The van der Waals surface area contributed by atoms with Crippen LogP contribution < -0.4 is 0 Å². The maximum atomic E-state index is 9.30. The SMILES string of the molecule is COCCn1ccnc1CN1CCC[C@H](c2nnc(CO)n2C)C1. The molecule has 0 bridgehead atoms. The van der Waals surface area contributed by atoms with Crippen LogP contribution in [0, 0.1) is 0 Å². The molecule has 1 N–H and O–H groups in total. The normalized spacial score (nSPS) is 19.0. The Morgan fingerprint density at radius 3 is 2.96 bits per heavy atom. The minimum absolute atomic E-state index is 0.0726. The number of rotatable bonds is 7. The molecule has 0 aliphatic carbocycles. The number of hydrogen-bond acceptors (Lipinski definition) is 6. The Labute approximate surface area is 142 Å². The first-order valence-electron chi connectivity index (χ1n) is 8.43. The molecule has 2 aromatic heterocycles. The van der Waals surface area contributed by atoms with Crippen LogP contribution in [-0.4, -0.2) is 61.1 Å². The maximum absolute atomic E-state index is 9.30. The minimum atomic E-state index is -0.0726. The third-order valence-corrected chi connectivity index (χ3v) is 4.71. The number of aliphatic hydroxyl groups excluding tert-OH is 1. The number of methoxy groups -OCH3 is 1. The van der Waals surface area contributed by atoms with Gasteiger partial charge in [0.15, 0.2) is 5.82 Å². The molecule has 1 atom stereocenters. The second-order valence-corrected chi connectivity index (χ2v) is 6.30. The molecule has 8 nitrogen and oxygen atoms in total. The molecule has 1 aliphatic rings. The van der Waals surface area contributed by atoms with Gasteiger partial charge in [0.2, 0.25) is 0 Å². The number of piperidine rings is 1. The van der Waals surface area contributed by atoms with Gasteiger partial charge in [0.05, 0.1) is 13.2 Å². The van der Waals surface area contributed by atoms with Gasteiger partial charge in [-0.3, -0.25) is 4.90 Å². The zero-order valence-corrected chi connectivity index (χ0v) is 14.4. The van der Waals surface area contributed by atoms with Crippen LogP contribution in [0.4, 0.5) is 0 Å². The topological polar surface area (TPSA) is 81.2 Å². The van der Waals surface area contributed by atoms with Crippen LogP contribution in [0.2, 0.25) is 0 Å². The number of likely N-dealkylation sites (tertiary alicyclic amines) is 1. The predicted octanol–water partition coefficient (Wildman–Crippen LogP) is 0.530. The smallest absolute Gasteiger partial charge is 0.158 e. The van der Waals surface area contributed by atoms with Crippen molar-refractivity contribution < 1.29 is 9.84 Å². The van der Waals surface area contributed by atoms with E-state index in [2.05, 4.69) is 24.6 Å². The maximum Gasteiger partial charge on any atom is 0.158 e. The lowest BCUT2D eigenvalue weighted by Crippen LogP contribution is -2.35. The number of ether oxygens (including phenoxy) is 1. The van der Waals surface area contributed by atoms with Crippen molar-refractivity contribution in [2.45, 2.75) is 38.5 Å². The average Bonchev–Trinajstić information content (AvgIpc) is 3.19. The Kier molecular flexibility index (Phi) is 5.60. The molecule has 8 heteroatoms. The van der Waals surface area contributed by atoms with Gasteiger partial charge in [-0.25, -0.2) is 4.98 Å². The summed E-state index contributed by atoms with van der Waals surface area (Å²) in [5.41, 5.74) is 0. The number of hydrogen-bond donors (Lipinski definition) is 1. The van der Waals surface area contributed by atoms with E-state index in [0.717, 1.165) is 50.7 Å². The van der Waals surface area contributed by atoms with E-state index in [1.54, 1.807) is 7.11 Å². The van der Waals surface area contributed by atoms with E-state index in [1.807, 2.05) is 24.0 Å². The van der Waals surface area contributed by atoms with Crippen LogP contribution >= 0.6 is 0 Å². The molecule has 1 fully saturated rings. The summed E-state index contributed by atoms with van der Waals surface area (Å²) in [6.45, 7) is 4.28. The highest BCUT2D eigenvalue weighted by molar-refractivity contribution is 5.04. The minimum Gasteiger partial charge on any atom is -0.388 e. The third kappa shape index (κ3) is 3.66. The Bertz CT molecular complexity index is 653. The van der Waals surface area contributed by atoms with Gasteiger partial charge in [-0.15, -0.1) is 10.2 Å². The van der Waals surface area contributed by atoms with Gasteiger partial charge < -0.3 is 19.0 Å². The van der Waals surface area contributed by atoms with Gasteiger partial charge >= 0.3 is 0 Å². The van der Waals surface area contributed by atoms with E-state index in [4.69, 9.17) is 4.74 Å². The molecule has 24 heavy (non-hydrogen) atoms. The first-order valence-corrected chi connectivity index (χ1v) is 8.43. The first-order chi connectivity index (χ1) is 11.7. The number of aliphatic hydroxyl groups is 1. The molecule has 0 unspecified atom stereocenters. The summed E-state index contributed by atoms with van der Waals surface area (Å²) in [6.07, 6.45) is 6.09. The van der Waals surface area contributed by atoms with Crippen LogP contribution in [0.25, 0.3) is 0 Å². The van der Waals surface area contributed by atoms with Gasteiger partial charge in [0.1, 0.15) is 18.3 Å². The second kappa shape index (κ2) is 7.87. The molecule has 0 amide bonds. The first kappa shape index (κ1) is 17.1. The quantitative estimate of drug-likeness (QED) is 0.795. The summed E-state index contributed by atoms with van der Waals surface area (Å²) in [5.74, 6) is 3.00. The molecule has 0 radical (unpaired) electrons. The van der Waals surface area contributed by atoms with Crippen molar-refractivity contribution in [1.29, 1.82) is 0 Å². The molecule has 3 rings (SSSR count). The summed E-state index contributed by atoms with van der Waals surface area (Å²) in [7, 11) is 3.64. The van der Waals surface area contributed by atoms with Gasteiger partial charge in [-0.05, 0) is 19.4 Å². The van der Waals surface area contributed by atoms with E-state index in [0.29, 0.717) is 18.3 Å². The van der Waals surface area contributed by atoms with E-state index >= 15 is 0 Å². The van der Waals surface area contributed by atoms with Crippen molar-refractivity contribution in [1.82, 2.24) is 29.2 Å². The van der Waals surface area contributed by atoms with Crippen molar-refractivity contribution >= 4 is 0 Å². The van der Waals surface area contributed by atoms with Gasteiger partial charge in [-0.2, -0.15) is 0 Å². The Morgan fingerprint density at radius 1 is 1.33 bits per heavy atom. The largest absolute Gasteiger partial charge is 0.388 e. The van der Waals surface area contributed by atoms with Crippen molar-refractivity contribution in [3.05, 3.63) is 29.9 Å². The van der Waals surface area contributed by atoms with Crippen LogP contribution in [0.5, 0.6) is 0 Å². The molecule has 2 aromatic rings. The summed E-state index contributed by atoms with van der Waals surface area (Å²) < 4.78 is 9.24. The highest BCUT2D eigenvalue weighted by Gasteiger charge is 2.26. The van der Waals surface area contributed by atoms with Gasteiger partial charge in [0, 0.05) is 45.6 Å². The average molecular weight is 334 g/mol.